The largest absolute Gasteiger partial charge is 0.493 e. The molecule has 0 radical (unpaired) electrons. The standard InChI is InChI=1S/C26H34N4O3/c1-3-5-11-23-13-9-12-22(10-4-2)30(23)26(32)20-29-19-21(18-27-29)28-25(31)16-17-33-24-14-7-6-8-15-24/h4,6-9,13-15,18-19,22-23H,2-3,5,10-12,16-17,20H2,1H3,(H,28,31)/t22-,23-/m1/s1. The fraction of sp³-hybridized carbons (Fsp3) is 0.423. The van der Waals surface area contributed by atoms with Crippen molar-refractivity contribution in [3.63, 3.8) is 0 Å². The zero-order valence-corrected chi connectivity index (χ0v) is 19.4. The summed E-state index contributed by atoms with van der Waals surface area (Å²) in [5.41, 5.74) is 0.566. The maximum Gasteiger partial charge on any atom is 0.245 e. The predicted octanol–water partition coefficient (Wildman–Crippen LogP) is 4.58. The summed E-state index contributed by atoms with van der Waals surface area (Å²) in [5, 5.41) is 7.09. The Bertz CT molecular complexity index is 938. The highest BCUT2D eigenvalue weighted by atomic mass is 16.5. The minimum atomic E-state index is -0.163. The molecule has 2 heterocycles. The van der Waals surface area contributed by atoms with Crippen LogP contribution < -0.4 is 10.1 Å². The molecule has 1 aromatic heterocycles. The quantitative estimate of drug-likeness (QED) is 0.480. The van der Waals surface area contributed by atoms with Crippen molar-refractivity contribution in [2.24, 2.45) is 0 Å². The number of unbranched alkanes of at least 4 members (excludes halogenated alkanes) is 1. The van der Waals surface area contributed by atoms with Crippen LogP contribution in [0.3, 0.4) is 0 Å². The van der Waals surface area contributed by atoms with Crippen molar-refractivity contribution < 1.29 is 14.3 Å². The van der Waals surface area contributed by atoms with Crippen LogP contribution in [0, 0.1) is 0 Å². The van der Waals surface area contributed by atoms with Gasteiger partial charge in [-0.25, -0.2) is 0 Å². The van der Waals surface area contributed by atoms with E-state index in [0.717, 1.165) is 37.9 Å². The maximum atomic E-state index is 13.2. The van der Waals surface area contributed by atoms with Gasteiger partial charge in [0.05, 0.1) is 31.0 Å². The number of carbonyl (C=O) groups is 2. The average Bonchev–Trinajstić information content (AvgIpc) is 3.25. The average molecular weight is 451 g/mol. The van der Waals surface area contributed by atoms with Gasteiger partial charge >= 0.3 is 0 Å². The molecule has 1 aliphatic rings. The van der Waals surface area contributed by atoms with Crippen molar-refractivity contribution in [2.45, 2.75) is 64.1 Å². The van der Waals surface area contributed by atoms with Gasteiger partial charge in [-0.05, 0) is 31.4 Å². The van der Waals surface area contributed by atoms with E-state index < -0.39 is 0 Å². The first-order valence-electron chi connectivity index (χ1n) is 11.7. The molecule has 1 N–H and O–H groups in total. The Balaban J connectivity index is 1.53. The van der Waals surface area contributed by atoms with Crippen molar-refractivity contribution in [2.75, 3.05) is 11.9 Å². The molecule has 0 aliphatic carbocycles. The number of para-hydroxylation sites is 1. The number of hydrogen-bond acceptors (Lipinski definition) is 4. The molecule has 7 nitrogen and oxygen atoms in total. The van der Waals surface area contributed by atoms with Crippen LogP contribution in [0.2, 0.25) is 0 Å². The molecule has 176 valence electrons. The van der Waals surface area contributed by atoms with Crippen molar-refractivity contribution in [1.29, 1.82) is 0 Å². The molecule has 3 rings (SSSR count). The van der Waals surface area contributed by atoms with Crippen LogP contribution in [0.1, 0.15) is 45.4 Å². The Morgan fingerprint density at radius 3 is 2.88 bits per heavy atom. The van der Waals surface area contributed by atoms with E-state index in [1.807, 2.05) is 41.3 Å². The number of aromatic nitrogens is 2. The fourth-order valence-electron chi connectivity index (χ4n) is 4.05. The lowest BCUT2D eigenvalue weighted by atomic mass is 9.96. The predicted molar refractivity (Wildman–Crippen MR) is 130 cm³/mol. The summed E-state index contributed by atoms with van der Waals surface area (Å²) < 4.78 is 7.14. The molecule has 0 unspecified atom stereocenters. The van der Waals surface area contributed by atoms with Crippen LogP contribution in [0.15, 0.2) is 67.5 Å². The Morgan fingerprint density at radius 1 is 1.30 bits per heavy atom. The van der Waals surface area contributed by atoms with Gasteiger partial charge in [0, 0.05) is 12.2 Å². The lowest BCUT2D eigenvalue weighted by Gasteiger charge is -2.39. The Labute approximate surface area is 196 Å². The normalized spacial score (nSPS) is 17.5. The van der Waals surface area contributed by atoms with Gasteiger partial charge in [-0.15, -0.1) is 6.58 Å². The van der Waals surface area contributed by atoms with E-state index in [1.54, 1.807) is 17.1 Å². The number of amides is 2. The summed E-state index contributed by atoms with van der Waals surface area (Å²) in [4.78, 5) is 27.4. The van der Waals surface area contributed by atoms with Gasteiger partial charge in [0.25, 0.3) is 0 Å². The molecule has 7 heteroatoms. The molecule has 33 heavy (non-hydrogen) atoms. The molecule has 2 amide bonds. The molecule has 0 fully saturated rings. The van der Waals surface area contributed by atoms with E-state index in [0.29, 0.717) is 5.69 Å². The van der Waals surface area contributed by atoms with Crippen molar-refractivity contribution >= 4 is 17.5 Å². The van der Waals surface area contributed by atoms with Crippen molar-refractivity contribution in [1.82, 2.24) is 14.7 Å². The molecule has 0 spiro atoms. The van der Waals surface area contributed by atoms with Crippen molar-refractivity contribution in [3.05, 3.63) is 67.5 Å². The number of carbonyl (C=O) groups excluding carboxylic acids is 2. The molecular weight excluding hydrogens is 416 g/mol. The highest BCUT2D eigenvalue weighted by Crippen LogP contribution is 2.24. The third kappa shape index (κ3) is 7.34. The number of nitrogens with zero attached hydrogens (tertiary/aromatic N) is 3. The molecule has 0 saturated carbocycles. The number of hydrogen-bond donors (Lipinski definition) is 1. The zero-order valence-electron chi connectivity index (χ0n) is 19.4. The Hall–Kier alpha value is -3.35. The van der Waals surface area contributed by atoms with Crippen LogP contribution in [0.25, 0.3) is 0 Å². The Morgan fingerprint density at radius 2 is 2.12 bits per heavy atom. The first-order chi connectivity index (χ1) is 16.1. The lowest BCUT2D eigenvalue weighted by molar-refractivity contribution is -0.136. The van der Waals surface area contributed by atoms with Crippen LogP contribution in [0.5, 0.6) is 5.75 Å². The second-order valence-electron chi connectivity index (χ2n) is 8.24. The van der Waals surface area contributed by atoms with Gasteiger partial charge in [0.15, 0.2) is 0 Å². The molecule has 1 aromatic carbocycles. The summed E-state index contributed by atoms with van der Waals surface area (Å²) in [6, 6.07) is 9.62. The van der Waals surface area contributed by atoms with E-state index in [2.05, 4.69) is 36.1 Å². The van der Waals surface area contributed by atoms with Gasteiger partial charge in [-0.2, -0.15) is 5.10 Å². The summed E-state index contributed by atoms with van der Waals surface area (Å²) in [6.07, 6.45) is 14.4. The van der Waals surface area contributed by atoms with Gasteiger partial charge in [0.1, 0.15) is 12.3 Å². The van der Waals surface area contributed by atoms with Gasteiger partial charge in [-0.3, -0.25) is 14.3 Å². The number of benzene rings is 1. The molecule has 0 bridgehead atoms. The topological polar surface area (TPSA) is 76.5 Å². The highest BCUT2D eigenvalue weighted by molar-refractivity contribution is 5.90. The number of nitrogens with one attached hydrogen (secondary N) is 1. The molecular formula is C26H34N4O3. The number of rotatable bonds is 12. The molecule has 1 aliphatic heterocycles. The second-order valence-corrected chi connectivity index (χ2v) is 8.24. The fourth-order valence-corrected chi connectivity index (χ4v) is 4.05. The number of anilines is 1. The van der Waals surface area contributed by atoms with E-state index in [4.69, 9.17) is 4.74 Å². The van der Waals surface area contributed by atoms with Crippen LogP contribution >= 0.6 is 0 Å². The maximum absolute atomic E-state index is 13.2. The second kappa shape index (κ2) is 12.6. The van der Waals surface area contributed by atoms with Crippen LogP contribution in [0.4, 0.5) is 5.69 Å². The third-order valence-corrected chi connectivity index (χ3v) is 5.65. The van der Waals surface area contributed by atoms with Gasteiger partial charge in [0.2, 0.25) is 11.8 Å². The van der Waals surface area contributed by atoms with Crippen LogP contribution in [-0.2, 0) is 16.1 Å². The summed E-state index contributed by atoms with van der Waals surface area (Å²) >= 11 is 0. The third-order valence-electron chi connectivity index (χ3n) is 5.65. The van der Waals surface area contributed by atoms with E-state index >= 15 is 0 Å². The Kier molecular flexibility index (Phi) is 9.30. The smallest absolute Gasteiger partial charge is 0.245 e. The van der Waals surface area contributed by atoms with E-state index in [1.165, 1.54) is 0 Å². The minimum Gasteiger partial charge on any atom is -0.493 e. The molecule has 2 atom stereocenters. The summed E-state index contributed by atoms with van der Waals surface area (Å²) in [6.45, 7) is 6.44. The van der Waals surface area contributed by atoms with E-state index in [-0.39, 0.29) is 43.5 Å². The van der Waals surface area contributed by atoms with Crippen LogP contribution in [-0.4, -0.2) is 45.2 Å². The SMILES string of the molecule is C=CC[C@@H]1CC=C[C@@H](CCCC)N1C(=O)Cn1cc(NC(=O)CCOc2ccccc2)cn1. The number of ether oxygens (including phenoxy) is 1. The zero-order chi connectivity index (χ0) is 23.5. The van der Waals surface area contributed by atoms with Gasteiger partial charge < -0.3 is 15.0 Å². The van der Waals surface area contributed by atoms with Crippen molar-refractivity contribution in [3.8, 4) is 5.75 Å². The monoisotopic (exact) mass is 450 g/mol. The summed E-state index contributed by atoms with van der Waals surface area (Å²) in [5.74, 6) is 0.601. The highest BCUT2D eigenvalue weighted by Gasteiger charge is 2.30. The van der Waals surface area contributed by atoms with Gasteiger partial charge in [-0.1, -0.05) is 56.2 Å². The first kappa shape index (κ1) is 24.3. The molecule has 2 aromatic rings. The van der Waals surface area contributed by atoms with E-state index in [9.17, 15) is 9.59 Å². The minimum absolute atomic E-state index is 0.0320. The lowest BCUT2D eigenvalue weighted by Crippen LogP contribution is -2.49. The first-order valence-corrected chi connectivity index (χ1v) is 11.7. The molecule has 0 saturated heterocycles. The summed E-state index contributed by atoms with van der Waals surface area (Å²) in [7, 11) is 0.